The van der Waals surface area contributed by atoms with Gasteiger partial charge in [0.2, 0.25) is 5.91 Å². The molecule has 1 amide bonds. The normalized spacial score (nSPS) is 11.1. The Morgan fingerprint density at radius 1 is 1.19 bits per heavy atom. The Hall–Kier alpha value is -2.68. The molecule has 0 atom stereocenters. The van der Waals surface area contributed by atoms with E-state index in [4.69, 9.17) is 11.6 Å². The molecule has 0 fully saturated rings. The van der Waals surface area contributed by atoms with Gasteiger partial charge in [0.25, 0.3) is 5.56 Å². The Morgan fingerprint density at radius 3 is 2.74 bits per heavy atom. The lowest BCUT2D eigenvalue weighted by Crippen LogP contribution is -2.22. The van der Waals surface area contributed by atoms with Crippen LogP contribution in [0, 0.1) is 19.7 Å². The van der Waals surface area contributed by atoms with E-state index in [-0.39, 0.29) is 23.0 Å². The molecular weight excluding hydrogens is 457 g/mol. The van der Waals surface area contributed by atoms with Gasteiger partial charge < -0.3 is 5.32 Å². The lowest BCUT2D eigenvalue weighted by Gasteiger charge is -2.13. The smallest absolute Gasteiger partial charge is 0.276 e. The van der Waals surface area contributed by atoms with Crippen molar-refractivity contribution in [2.45, 2.75) is 19.0 Å². The van der Waals surface area contributed by atoms with Crippen LogP contribution in [0.3, 0.4) is 0 Å². The number of thiophene rings is 1. The molecule has 5 nitrogen and oxygen atoms in total. The Balaban J connectivity index is 1.64. The Labute approximate surface area is 190 Å². The summed E-state index contributed by atoms with van der Waals surface area (Å²) in [5.74, 6) is -0.577. The first-order valence-corrected chi connectivity index (χ1v) is 11.5. The van der Waals surface area contributed by atoms with Crippen molar-refractivity contribution in [1.82, 2.24) is 9.55 Å². The topological polar surface area (TPSA) is 64.0 Å². The molecule has 2 heterocycles. The summed E-state index contributed by atoms with van der Waals surface area (Å²) in [5, 5.41) is 5.51. The van der Waals surface area contributed by atoms with Crippen LogP contribution < -0.4 is 10.9 Å². The van der Waals surface area contributed by atoms with Gasteiger partial charge in [-0.3, -0.25) is 14.2 Å². The molecule has 0 aliphatic carbocycles. The minimum atomic E-state index is -0.354. The summed E-state index contributed by atoms with van der Waals surface area (Å²) in [5.41, 5.74) is 2.74. The van der Waals surface area contributed by atoms with Crippen molar-refractivity contribution in [2.24, 2.45) is 0 Å². The quantitative estimate of drug-likeness (QED) is 0.303. The average Bonchev–Trinajstić information content (AvgIpc) is 3.20. The number of halogens is 2. The third kappa shape index (κ3) is 4.51. The van der Waals surface area contributed by atoms with Crippen molar-refractivity contribution < 1.29 is 9.18 Å². The fourth-order valence-electron chi connectivity index (χ4n) is 2.98. The van der Waals surface area contributed by atoms with E-state index in [2.05, 4.69) is 10.3 Å². The van der Waals surface area contributed by atoms with Crippen LogP contribution in [0.1, 0.15) is 11.1 Å². The average molecular weight is 474 g/mol. The second-order valence-corrected chi connectivity index (χ2v) is 9.17. The van der Waals surface area contributed by atoms with Gasteiger partial charge in [-0.2, -0.15) is 0 Å². The van der Waals surface area contributed by atoms with Gasteiger partial charge in [-0.1, -0.05) is 29.4 Å². The van der Waals surface area contributed by atoms with Gasteiger partial charge in [-0.25, -0.2) is 9.37 Å². The van der Waals surface area contributed by atoms with Crippen molar-refractivity contribution >= 4 is 56.5 Å². The molecule has 158 valence electrons. The molecule has 0 saturated carbocycles. The second-order valence-electron chi connectivity index (χ2n) is 6.90. The zero-order chi connectivity index (χ0) is 22.1. The Bertz CT molecular complexity index is 1370. The standard InChI is InChI=1S/C22H17ClFN3O2S2/c1-12-3-4-14(10-16(12)23)25-19(28)11-31-22-26-18-7-8-30-20(18)21(29)27(22)15-5-6-17(24)13(2)9-15/h3-10H,11H2,1-2H3,(H,25,28). The Morgan fingerprint density at radius 2 is 2.00 bits per heavy atom. The maximum atomic E-state index is 13.8. The van der Waals surface area contributed by atoms with Gasteiger partial charge >= 0.3 is 0 Å². The minimum Gasteiger partial charge on any atom is -0.325 e. The molecule has 9 heteroatoms. The number of aryl methyl sites for hydroxylation is 2. The van der Waals surface area contributed by atoms with Crippen molar-refractivity contribution in [3.63, 3.8) is 0 Å². The van der Waals surface area contributed by atoms with Crippen LogP contribution in [0.25, 0.3) is 15.9 Å². The molecule has 1 N–H and O–H groups in total. The number of hydrogen-bond donors (Lipinski definition) is 1. The van der Waals surface area contributed by atoms with E-state index in [1.54, 1.807) is 36.6 Å². The van der Waals surface area contributed by atoms with Gasteiger partial charge in [0.05, 0.1) is 17.0 Å². The monoisotopic (exact) mass is 473 g/mol. The van der Waals surface area contributed by atoms with E-state index in [0.29, 0.717) is 37.3 Å². The first-order valence-electron chi connectivity index (χ1n) is 9.29. The van der Waals surface area contributed by atoms with E-state index in [0.717, 1.165) is 17.3 Å². The van der Waals surface area contributed by atoms with Crippen LogP contribution in [-0.2, 0) is 4.79 Å². The highest BCUT2D eigenvalue weighted by Crippen LogP contribution is 2.25. The zero-order valence-electron chi connectivity index (χ0n) is 16.6. The highest BCUT2D eigenvalue weighted by atomic mass is 35.5. The number of hydrogen-bond acceptors (Lipinski definition) is 5. The maximum absolute atomic E-state index is 13.8. The largest absolute Gasteiger partial charge is 0.325 e. The van der Waals surface area contributed by atoms with Crippen LogP contribution in [-0.4, -0.2) is 21.2 Å². The highest BCUT2D eigenvalue weighted by Gasteiger charge is 2.16. The maximum Gasteiger partial charge on any atom is 0.276 e. The molecule has 0 unspecified atom stereocenters. The van der Waals surface area contributed by atoms with Crippen molar-refractivity contribution in [3.8, 4) is 5.69 Å². The van der Waals surface area contributed by atoms with Crippen LogP contribution in [0.15, 0.2) is 57.8 Å². The summed E-state index contributed by atoms with van der Waals surface area (Å²) in [4.78, 5) is 30.2. The number of carbonyl (C=O) groups is 1. The number of nitrogens with zero attached hydrogens (tertiary/aromatic N) is 2. The molecule has 0 aliphatic heterocycles. The number of rotatable bonds is 5. The van der Waals surface area contributed by atoms with E-state index < -0.39 is 0 Å². The number of nitrogens with one attached hydrogen (secondary N) is 1. The summed E-state index contributed by atoms with van der Waals surface area (Å²) < 4.78 is 15.7. The molecule has 0 aliphatic rings. The fourth-order valence-corrected chi connectivity index (χ4v) is 4.74. The number of anilines is 1. The number of benzene rings is 2. The number of amides is 1. The van der Waals surface area contributed by atoms with Crippen molar-refractivity contribution in [1.29, 1.82) is 0 Å². The van der Waals surface area contributed by atoms with Gasteiger partial charge in [0, 0.05) is 10.7 Å². The van der Waals surface area contributed by atoms with Crippen LogP contribution in [0.4, 0.5) is 10.1 Å². The molecule has 0 saturated heterocycles. The zero-order valence-corrected chi connectivity index (χ0v) is 19.0. The summed E-state index contributed by atoms with van der Waals surface area (Å²) >= 11 is 8.55. The molecule has 4 aromatic rings. The minimum absolute atomic E-state index is 0.0355. The van der Waals surface area contributed by atoms with E-state index in [1.165, 1.54) is 28.0 Å². The number of thioether (sulfide) groups is 1. The predicted molar refractivity (Wildman–Crippen MR) is 125 cm³/mol. The third-order valence-corrected chi connectivity index (χ3v) is 6.87. The second kappa shape index (κ2) is 8.82. The SMILES string of the molecule is Cc1cc(-n2c(SCC(=O)Nc3ccc(C)c(Cl)c3)nc3ccsc3c2=O)ccc1F. The molecular formula is C22H17ClFN3O2S2. The molecule has 2 aromatic carbocycles. The van der Waals surface area contributed by atoms with Gasteiger partial charge in [-0.15, -0.1) is 11.3 Å². The van der Waals surface area contributed by atoms with Crippen LogP contribution in [0.5, 0.6) is 0 Å². The summed E-state index contributed by atoms with van der Waals surface area (Å²) in [7, 11) is 0. The number of aromatic nitrogens is 2. The number of fused-ring (bicyclic) bond motifs is 1. The summed E-state index contributed by atoms with van der Waals surface area (Å²) in [6.07, 6.45) is 0. The Kier molecular flexibility index (Phi) is 6.13. The van der Waals surface area contributed by atoms with Crippen molar-refractivity contribution in [3.05, 3.63) is 80.2 Å². The predicted octanol–water partition coefficient (Wildman–Crippen LogP) is 5.59. The third-order valence-electron chi connectivity index (χ3n) is 4.64. The fraction of sp³-hybridized carbons (Fsp3) is 0.136. The number of carbonyl (C=O) groups excluding carboxylic acids is 1. The van der Waals surface area contributed by atoms with Crippen LogP contribution in [0.2, 0.25) is 5.02 Å². The van der Waals surface area contributed by atoms with Crippen LogP contribution >= 0.6 is 34.7 Å². The molecule has 2 aromatic heterocycles. The van der Waals surface area contributed by atoms with Crippen molar-refractivity contribution in [2.75, 3.05) is 11.1 Å². The van der Waals surface area contributed by atoms with Gasteiger partial charge in [0.1, 0.15) is 10.5 Å². The van der Waals surface area contributed by atoms with Gasteiger partial charge in [-0.05, 0) is 66.8 Å². The lowest BCUT2D eigenvalue weighted by atomic mass is 10.2. The van der Waals surface area contributed by atoms with E-state index in [9.17, 15) is 14.0 Å². The summed E-state index contributed by atoms with van der Waals surface area (Å²) in [6.45, 7) is 3.51. The first-order chi connectivity index (χ1) is 14.8. The molecule has 0 spiro atoms. The molecule has 0 bridgehead atoms. The van der Waals surface area contributed by atoms with E-state index in [1.807, 2.05) is 13.0 Å². The van der Waals surface area contributed by atoms with Gasteiger partial charge in [0.15, 0.2) is 5.16 Å². The first kappa shape index (κ1) is 21.5. The molecule has 4 rings (SSSR count). The van der Waals surface area contributed by atoms with E-state index >= 15 is 0 Å². The molecule has 0 radical (unpaired) electrons. The molecule has 31 heavy (non-hydrogen) atoms. The lowest BCUT2D eigenvalue weighted by molar-refractivity contribution is -0.113. The summed E-state index contributed by atoms with van der Waals surface area (Å²) in [6, 6.07) is 11.5. The highest BCUT2D eigenvalue weighted by molar-refractivity contribution is 7.99.